The number of aliphatic hydroxyl groups excluding tert-OH is 3. The largest absolute Gasteiger partial charge is 1.00 e. The summed E-state index contributed by atoms with van der Waals surface area (Å²) in [5, 5.41) is 49.0. The van der Waals surface area contributed by atoms with Gasteiger partial charge in [-0.15, -0.1) is 0 Å². The van der Waals surface area contributed by atoms with Gasteiger partial charge < -0.3 is 32.1 Å². The third-order valence-corrected chi connectivity index (χ3v) is 2.38. The number of hydrogen-bond donors (Lipinski definition) is 6. The Bertz CT molecular complexity index is 397. The average molecular weight is 400 g/mol. The molecule has 0 aliphatic rings. The second kappa shape index (κ2) is 25.1. The van der Waals surface area contributed by atoms with E-state index in [0.717, 1.165) is 0 Å². The summed E-state index contributed by atoms with van der Waals surface area (Å²) < 4.78 is 0. The first-order valence-corrected chi connectivity index (χ1v) is 7.77. The van der Waals surface area contributed by atoms with Crippen LogP contribution in [-0.2, 0) is 14.4 Å². The van der Waals surface area contributed by atoms with Crippen molar-refractivity contribution in [1.29, 1.82) is 0 Å². The summed E-state index contributed by atoms with van der Waals surface area (Å²) in [5.74, 6) is -2.85. The summed E-state index contributed by atoms with van der Waals surface area (Å²) in [6.45, 7) is 14.0. The molecule has 0 unspecified atom stereocenters. The van der Waals surface area contributed by atoms with Gasteiger partial charge in [-0.05, 0) is 33.6 Å². The van der Waals surface area contributed by atoms with Gasteiger partial charge in [-0.25, -0.2) is 14.4 Å². The standard InChI is InChI=1S/C6H14O3.3C4H6O2.Li.H/c7-3-1-2-6(4-8)5-9;3*1-3(2)4(5)6;;/h6-9H,1-5H2;3*1H2,2H3,(H,5,6);;/q;;;;+1;-1. The number of aliphatic carboxylic acids is 3. The van der Waals surface area contributed by atoms with Gasteiger partial charge in [-0.2, -0.15) is 0 Å². The Labute approximate surface area is 179 Å². The molecule has 6 N–H and O–H groups in total. The molecule has 0 aliphatic carbocycles. The normalized spacial score (nSPS) is 8.25. The Kier molecular flexibility index (Phi) is 33.1. The molecule has 0 radical (unpaired) electrons. The van der Waals surface area contributed by atoms with Gasteiger partial charge in [0.25, 0.3) is 0 Å². The molecule has 0 aromatic rings. The molecule has 10 heteroatoms. The minimum atomic E-state index is -0.935. The monoisotopic (exact) mass is 400 g/mol. The third kappa shape index (κ3) is 39.3. The van der Waals surface area contributed by atoms with Crippen LogP contribution < -0.4 is 18.9 Å². The van der Waals surface area contributed by atoms with Crippen LogP contribution in [0.3, 0.4) is 0 Å². The molecule has 28 heavy (non-hydrogen) atoms. The molecule has 0 amide bonds. The Morgan fingerprint density at radius 1 is 0.750 bits per heavy atom. The summed E-state index contributed by atoms with van der Waals surface area (Å²) in [4.78, 5) is 28.8. The zero-order chi connectivity index (χ0) is 22.6. The summed E-state index contributed by atoms with van der Waals surface area (Å²) in [6.07, 6.45) is 1.36. The minimum absolute atomic E-state index is 0. The number of carbonyl (C=O) groups is 3. The van der Waals surface area contributed by atoms with Crippen LogP contribution >= 0.6 is 0 Å². The fraction of sp³-hybridized carbons (Fsp3) is 0.500. The Morgan fingerprint density at radius 2 is 0.964 bits per heavy atom. The first kappa shape index (κ1) is 36.9. The summed E-state index contributed by atoms with van der Waals surface area (Å²) in [5.41, 5.74) is 0.528. The smallest absolute Gasteiger partial charge is 1.00 e. The van der Waals surface area contributed by atoms with Crippen LogP contribution in [0.4, 0.5) is 0 Å². The molecule has 0 spiro atoms. The number of carboxylic acids is 3. The molecule has 0 rings (SSSR count). The van der Waals surface area contributed by atoms with E-state index >= 15 is 0 Å². The number of aliphatic hydroxyl groups is 3. The topological polar surface area (TPSA) is 173 Å². The molecular weight excluding hydrogens is 367 g/mol. The maximum Gasteiger partial charge on any atom is 1.00 e. The molecule has 0 saturated heterocycles. The van der Waals surface area contributed by atoms with E-state index in [0.29, 0.717) is 12.8 Å². The van der Waals surface area contributed by atoms with Crippen LogP contribution in [0.1, 0.15) is 35.0 Å². The quantitative estimate of drug-likeness (QED) is 0.208. The van der Waals surface area contributed by atoms with Gasteiger partial charge in [-0.3, -0.25) is 0 Å². The molecule has 0 aromatic heterocycles. The molecule has 0 aliphatic heterocycles. The van der Waals surface area contributed by atoms with Crippen LogP contribution in [0.15, 0.2) is 36.5 Å². The van der Waals surface area contributed by atoms with E-state index in [1.165, 1.54) is 20.8 Å². The Morgan fingerprint density at radius 3 is 1.07 bits per heavy atom. The molecule has 0 aromatic carbocycles. The van der Waals surface area contributed by atoms with E-state index < -0.39 is 17.9 Å². The van der Waals surface area contributed by atoms with E-state index in [9.17, 15) is 14.4 Å². The molecule has 0 bridgehead atoms. The first-order valence-electron chi connectivity index (χ1n) is 7.77. The van der Waals surface area contributed by atoms with Crippen LogP contribution in [-0.4, -0.2) is 68.4 Å². The molecule has 0 saturated carbocycles. The minimum Gasteiger partial charge on any atom is -1.00 e. The fourth-order valence-electron chi connectivity index (χ4n) is 0.620. The Balaban J connectivity index is -0.0000000605. The summed E-state index contributed by atoms with van der Waals surface area (Å²) in [6, 6.07) is 0. The number of rotatable bonds is 8. The molecule has 9 nitrogen and oxygen atoms in total. The van der Waals surface area contributed by atoms with Crippen molar-refractivity contribution < 1.29 is 65.3 Å². The second-order valence-corrected chi connectivity index (χ2v) is 5.35. The Hall–Kier alpha value is -1.89. The molecule has 0 atom stereocenters. The van der Waals surface area contributed by atoms with Crippen molar-refractivity contribution in [2.75, 3.05) is 19.8 Å². The van der Waals surface area contributed by atoms with Crippen LogP contribution in [0.5, 0.6) is 0 Å². The zero-order valence-electron chi connectivity index (χ0n) is 18.1. The van der Waals surface area contributed by atoms with Crippen molar-refractivity contribution in [3.8, 4) is 0 Å². The third-order valence-electron chi connectivity index (χ3n) is 2.38. The predicted molar refractivity (Wildman–Crippen MR) is 102 cm³/mol. The second-order valence-electron chi connectivity index (χ2n) is 5.35. The number of hydrogen-bond acceptors (Lipinski definition) is 6. The van der Waals surface area contributed by atoms with Gasteiger partial charge in [0.1, 0.15) is 0 Å². The zero-order valence-corrected chi connectivity index (χ0v) is 17.1. The van der Waals surface area contributed by atoms with E-state index in [-0.39, 0.29) is 62.7 Å². The van der Waals surface area contributed by atoms with Crippen molar-refractivity contribution in [2.24, 2.45) is 5.92 Å². The summed E-state index contributed by atoms with van der Waals surface area (Å²) >= 11 is 0. The molecular formula is C18H33LiO9. The van der Waals surface area contributed by atoms with E-state index in [4.69, 9.17) is 30.6 Å². The van der Waals surface area contributed by atoms with Crippen LogP contribution in [0.2, 0.25) is 0 Å². The van der Waals surface area contributed by atoms with Crippen LogP contribution in [0.25, 0.3) is 0 Å². The van der Waals surface area contributed by atoms with Gasteiger partial charge in [0, 0.05) is 42.5 Å². The van der Waals surface area contributed by atoms with Crippen molar-refractivity contribution in [3.63, 3.8) is 0 Å². The predicted octanol–water partition coefficient (Wildman–Crippen LogP) is -1.58. The molecule has 160 valence electrons. The first-order chi connectivity index (χ1) is 12.3. The maximum atomic E-state index is 9.60. The van der Waals surface area contributed by atoms with E-state index in [1.54, 1.807) is 0 Å². The van der Waals surface area contributed by atoms with Crippen molar-refractivity contribution in [3.05, 3.63) is 36.5 Å². The SMILES string of the molecule is C=C(C)C(=O)O.C=C(C)C(=O)O.C=C(C)C(=O)O.OCCCC(CO)CO.[H-].[Li+]. The molecule has 0 heterocycles. The maximum absolute atomic E-state index is 9.60. The van der Waals surface area contributed by atoms with Gasteiger partial charge in [0.2, 0.25) is 0 Å². The van der Waals surface area contributed by atoms with Gasteiger partial charge >= 0.3 is 36.8 Å². The van der Waals surface area contributed by atoms with Crippen LogP contribution in [0, 0.1) is 5.92 Å². The molecule has 0 fully saturated rings. The van der Waals surface area contributed by atoms with Gasteiger partial charge in [-0.1, -0.05) is 19.7 Å². The van der Waals surface area contributed by atoms with Crippen molar-refractivity contribution in [2.45, 2.75) is 33.6 Å². The number of carboxylic acid groups (broad SMARTS) is 3. The van der Waals surface area contributed by atoms with Gasteiger partial charge in [0.05, 0.1) is 0 Å². The van der Waals surface area contributed by atoms with E-state index in [2.05, 4.69) is 19.7 Å². The average Bonchev–Trinajstić information content (AvgIpc) is 2.57. The van der Waals surface area contributed by atoms with Crippen molar-refractivity contribution in [1.82, 2.24) is 0 Å². The fourth-order valence-corrected chi connectivity index (χ4v) is 0.620. The van der Waals surface area contributed by atoms with E-state index in [1.807, 2.05) is 0 Å². The van der Waals surface area contributed by atoms with Crippen molar-refractivity contribution >= 4 is 17.9 Å². The summed E-state index contributed by atoms with van der Waals surface area (Å²) in [7, 11) is 0. The van der Waals surface area contributed by atoms with Gasteiger partial charge in [0.15, 0.2) is 0 Å².